The average molecular weight is 1140 g/mol. The summed E-state index contributed by atoms with van der Waals surface area (Å²) in [6.07, 6.45) is 3.87. The van der Waals surface area contributed by atoms with Gasteiger partial charge >= 0.3 is 35.2 Å². The molecule has 0 bridgehead atoms. The first-order valence-corrected chi connectivity index (χ1v) is 27.5. The van der Waals surface area contributed by atoms with E-state index in [0.29, 0.717) is 57.2 Å². The molecule has 6 aromatic carbocycles. The number of aryl methyl sites for hydroxylation is 6. The Kier molecular flexibility index (Phi) is 21.5. The summed E-state index contributed by atoms with van der Waals surface area (Å²) in [7, 11) is 0. The predicted molar refractivity (Wildman–Crippen MR) is 328 cm³/mol. The van der Waals surface area contributed by atoms with Gasteiger partial charge in [-0.25, -0.2) is 47.9 Å². The molecule has 0 fully saturated rings. The maximum Gasteiger partial charge on any atom is 0.411 e. The number of hydrogen-bond donors (Lipinski definition) is 3. The molecule has 84 heavy (non-hydrogen) atoms. The van der Waals surface area contributed by atoms with Crippen molar-refractivity contribution in [3.05, 3.63) is 174 Å². The van der Waals surface area contributed by atoms with Crippen molar-refractivity contribution in [3.63, 3.8) is 0 Å². The molecule has 2 amide bonds. The summed E-state index contributed by atoms with van der Waals surface area (Å²) in [5, 5.41) is 5.49. The SMILES string of the molecule is CCCCOC(=O)Nc1cc(N=C=Nc2ccc(C)c(-n3c(=O)n(-c4cc(N=C=Nc5ccc(C)c(NOC(=O)CCCC)c5)ccc4C)c(=O)n(-c4cc(N=C=Nc5ccc(C)c(NC(=O)OCCCC)c5)ccc4C)c3=O)c2)ccc1C. The van der Waals surface area contributed by atoms with E-state index >= 15 is 14.4 Å². The molecule has 21 heteroatoms. The molecule has 7 rings (SSSR count). The normalized spacial score (nSPS) is 10.5. The minimum absolute atomic E-state index is 0.0979. The van der Waals surface area contributed by atoms with Gasteiger partial charge < -0.3 is 14.3 Å². The van der Waals surface area contributed by atoms with E-state index in [9.17, 15) is 14.4 Å². The van der Waals surface area contributed by atoms with Gasteiger partial charge in [0.25, 0.3) is 0 Å². The number of nitrogens with one attached hydrogen (secondary N) is 3. The van der Waals surface area contributed by atoms with Gasteiger partial charge in [-0.15, -0.1) is 0 Å². The fourth-order valence-corrected chi connectivity index (χ4v) is 8.12. The van der Waals surface area contributed by atoms with Crippen LogP contribution in [0.3, 0.4) is 0 Å². The highest BCUT2D eigenvalue weighted by Gasteiger charge is 2.23. The molecule has 432 valence electrons. The average Bonchev–Trinajstić information content (AvgIpc) is 1.18. The van der Waals surface area contributed by atoms with Crippen LogP contribution >= 0.6 is 0 Å². The van der Waals surface area contributed by atoms with Crippen LogP contribution in [-0.4, -0.2) is 63.1 Å². The van der Waals surface area contributed by atoms with Gasteiger partial charge in [-0.1, -0.05) is 76.4 Å². The maximum absolute atomic E-state index is 15.2. The summed E-state index contributed by atoms with van der Waals surface area (Å²) >= 11 is 0. The van der Waals surface area contributed by atoms with Crippen molar-refractivity contribution in [2.75, 3.05) is 29.3 Å². The second kappa shape index (κ2) is 29.4. The molecule has 0 saturated carbocycles. The van der Waals surface area contributed by atoms with E-state index in [1.165, 1.54) is 18.2 Å². The van der Waals surface area contributed by atoms with E-state index in [1.807, 2.05) is 41.5 Å². The Morgan fingerprint density at radius 3 is 1.05 bits per heavy atom. The van der Waals surface area contributed by atoms with E-state index in [-0.39, 0.29) is 59.7 Å². The zero-order valence-electron chi connectivity index (χ0n) is 48.5. The third-order valence-electron chi connectivity index (χ3n) is 13.1. The molecule has 21 nitrogen and oxygen atoms in total. The molecule has 0 unspecified atom stereocenters. The van der Waals surface area contributed by atoms with Crippen LogP contribution in [0.25, 0.3) is 17.1 Å². The van der Waals surface area contributed by atoms with E-state index in [1.54, 1.807) is 112 Å². The van der Waals surface area contributed by atoms with Crippen molar-refractivity contribution in [3.8, 4) is 17.1 Å². The highest BCUT2D eigenvalue weighted by atomic mass is 16.7. The van der Waals surface area contributed by atoms with Gasteiger partial charge in [0.05, 0.1) is 70.1 Å². The molecule has 0 aliphatic heterocycles. The highest BCUT2D eigenvalue weighted by molar-refractivity contribution is 5.87. The van der Waals surface area contributed by atoms with Crippen LogP contribution in [-0.2, 0) is 19.1 Å². The Morgan fingerprint density at radius 1 is 0.417 bits per heavy atom. The number of aromatic nitrogens is 3. The summed E-state index contributed by atoms with van der Waals surface area (Å²) < 4.78 is 13.2. The third kappa shape index (κ3) is 16.2. The Bertz CT molecular complexity index is 3830. The predicted octanol–water partition coefficient (Wildman–Crippen LogP) is 14.2. The van der Waals surface area contributed by atoms with Gasteiger partial charge in [0, 0.05) is 17.8 Å². The first-order valence-electron chi connectivity index (χ1n) is 27.5. The molecule has 0 radical (unpaired) electrons. The van der Waals surface area contributed by atoms with Crippen molar-refractivity contribution in [1.29, 1.82) is 0 Å². The number of carbonyl (C=O) groups is 3. The summed E-state index contributed by atoms with van der Waals surface area (Å²) in [5.74, 6) is -0.388. The highest BCUT2D eigenvalue weighted by Crippen LogP contribution is 2.28. The number of ether oxygens (including phenoxy) is 2. The second-order valence-electron chi connectivity index (χ2n) is 19.6. The Balaban J connectivity index is 1.32. The topological polar surface area (TPSA) is 255 Å². The van der Waals surface area contributed by atoms with E-state index in [0.717, 1.165) is 62.5 Å². The van der Waals surface area contributed by atoms with Gasteiger partial charge in [-0.05, 0) is 167 Å². The number of aliphatic imine (C=N–C) groups is 6. The number of benzene rings is 6. The van der Waals surface area contributed by atoms with Gasteiger partial charge in [0.15, 0.2) is 0 Å². The number of carbonyl (C=O) groups excluding carboxylic acids is 3. The quantitative estimate of drug-likeness (QED) is 0.0250. The fourth-order valence-electron chi connectivity index (χ4n) is 8.12. The van der Waals surface area contributed by atoms with Crippen LogP contribution in [0.2, 0.25) is 0 Å². The first-order chi connectivity index (χ1) is 40.5. The zero-order chi connectivity index (χ0) is 60.3. The zero-order valence-corrected chi connectivity index (χ0v) is 48.5. The molecule has 1 heterocycles. The lowest BCUT2D eigenvalue weighted by atomic mass is 10.1. The van der Waals surface area contributed by atoms with Gasteiger partial charge in [-0.3, -0.25) is 10.6 Å². The largest absolute Gasteiger partial charge is 0.449 e. The summed E-state index contributed by atoms with van der Waals surface area (Å²) in [6, 6.07) is 38.1. The number of unbranched alkanes of at least 4 members (excludes halogenated alkanes) is 3. The first kappa shape index (κ1) is 61.3. The van der Waals surface area contributed by atoms with Crippen LogP contribution in [0.1, 0.15) is 99.1 Å². The van der Waals surface area contributed by atoms with Crippen LogP contribution in [0, 0.1) is 41.5 Å². The molecule has 0 spiro atoms. The van der Waals surface area contributed by atoms with Crippen molar-refractivity contribution in [2.45, 2.75) is 107 Å². The summed E-state index contributed by atoms with van der Waals surface area (Å²) in [4.78, 5) is 114. The van der Waals surface area contributed by atoms with Gasteiger partial charge in [0.2, 0.25) is 0 Å². The second-order valence-corrected chi connectivity index (χ2v) is 19.6. The molecule has 7 aromatic rings. The Labute approximate surface area is 485 Å². The minimum atomic E-state index is -1.00. The van der Waals surface area contributed by atoms with E-state index in [4.69, 9.17) is 14.3 Å². The number of anilines is 3. The molecule has 0 saturated heterocycles. The Hall–Kier alpha value is -10.3. The number of hydrogen-bond acceptors (Lipinski definition) is 16. The van der Waals surface area contributed by atoms with Crippen molar-refractivity contribution in [1.82, 2.24) is 13.7 Å². The lowest BCUT2D eigenvalue weighted by molar-refractivity contribution is -0.140. The number of rotatable bonds is 22. The van der Waals surface area contributed by atoms with Crippen molar-refractivity contribution >= 4 is 87.4 Å². The smallest absolute Gasteiger partial charge is 0.411 e. The minimum Gasteiger partial charge on any atom is -0.449 e. The lowest BCUT2D eigenvalue weighted by Crippen LogP contribution is -2.53. The molecule has 0 aliphatic carbocycles. The van der Waals surface area contributed by atoms with Crippen LogP contribution in [0.4, 0.5) is 60.8 Å². The number of amides is 2. The maximum atomic E-state index is 15.2. The molecule has 3 N–H and O–H groups in total. The molecule has 0 aliphatic rings. The van der Waals surface area contributed by atoms with Gasteiger partial charge in [0.1, 0.15) is 18.0 Å². The van der Waals surface area contributed by atoms with Gasteiger partial charge in [-0.2, -0.15) is 30.0 Å². The van der Waals surface area contributed by atoms with Crippen LogP contribution < -0.4 is 33.2 Å². The fraction of sp³-hybridized carbons (Fsp3) is 0.286. The summed E-state index contributed by atoms with van der Waals surface area (Å²) in [5.41, 5.74) is 7.36. The number of nitrogens with zero attached hydrogens (tertiary/aromatic N) is 9. The lowest BCUT2D eigenvalue weighted by Gasteiger charge is -2.18. The molecular weight excluding hydrogens is 1070 g/mol. The monoisotopic (exact) mass is 1130 g/mol. The van der Waals surface area contributed by atoms with E-state index < -0.39 is 29.3 Å². The molecule has 0 atom stereocenters. The summed E-state index contributed by atoms with van der Waals surface area (Å²) in [6.45, 7) is 17.2. The standard InChI is InChI=1S/C63H66N12O9/c1-10-13-16-58(76)84-72-54-33-48(25-19-42(54)6)66-39-69-51-28-22-45(9)57(36-51)75-62(80)73(55-34-49(26-20-43(55)7)67-37-64-46-23-17-40(4)52(31-46)70-59(77)82-29-14-11-2)61(79)74(63(75)81)56-35-50(27-21-44(56)8)68-38-65-47-24-18-41(5)53(32-47)71-60(78)83-30-15-12-3/h17-28,31-36,72H,10-16,29-30H2,1-9H3,(H,70,77)(H,71,78). The van der Waals surface area contributed by atoms with Crippen molar-refractivity contribution in [2.24, 2.45) is 30.0 Å². The molecular formula is C63H66N12O9. The van der Waals surface area contributed by atoms with E-state index in [2.05, 4.69) is 64.1 Å². The Morgan fingerprint density at radius 2 is 0.714 bits per heavy atom. The van der Waals surface area contributed by atoms with Crippen molar-refractivity contribution < 1.29 is 28.7 Å². The third-order valence-corrected chi connectivity index (χ3v) is 13.1. The molecule has 1 aromatic heterocycles. The van der Waals surface area contributed by atoms with Crippen LogP contribution in [0.5, 0.6) is 0 Å². The van der Waals surface area contributed by atoms with Crippen LogP contribution in [0.15, 0.2) is 154 Å².